The Bertz CT molecular complexity index is 1150. The summed E-state index contributed by atoms with van der Waals surface area (Å²) >= 11 is 0. The molecule has 0 spiro atoms. The lowest BCUT2D eigenvalue weighted by Gasteiger charge is -2.16. The van der Waals surface area contributed by atoms with Gasteiger partial charge in [-0.1, -0.05) is 42.5 Å². The minimum absolute atomic E-state index is 0.0412. The first kappa shape index (κ1) is 19.5. The number of para-hydroxylation sites is 1. The molecule has 0 amide bonds. The summed E-state index contributed by atoms with van der Waals surface area (Å²) in [5.41, 5.74) is 2.69. The molecule has 1 aliphatic heterocycles. The summed E-state index contributed by atoms with van der Waals surface area (Å²) in [5.74, 6) is 0.655. The number of nitrogens with zero attached hydrogens (tertiary/aromatic N) is 3. The maximum atomic E-state index is 13.5. The molecule has 3 aromatic rings. The summed E-state index contributed by atoms with van der Waals surface area (Å²) in [5, 5.41) is 15.1. The highest BCUT2D eigenvalue weighted by Crippen LogP contribution is 2.43. The van der Waals surface area contributed by atoms with Crippen molar-refractivity contribution in [2.24, 2.45) is 0 Å². The van der Waals surface area contributed by atoms with Gasteiger partial charge in [0.05, 0.1) is 5.56 Å². The van der Waals surface area contributed by atoms with Crippen LogP contribution in [0.25, 0.3) is 17.1 Å². The quantitative estimate of drug-likeness (QED) is 0.563. The van der Waals surface area contributed by atoms with Gasteiger partial charge in [-0.05, 0) is 31.4 Å². The van der Waals surface area contributed by atoms with E-state index >= 15 is 0 Å². The lowest BCUT2D eigenvalue weighted by molar-refractivity contribution is -0.137. The lowest BCUT2D eigenvalue weighted by atomic mass is 10.1. The van der Waals surface area contributed by atoms with Gasteiger partial charge in [-0.25, -0.2) is 4.98 Å². The van der Waals surface area contributed by atoms with Crippen molar-refractivity contribution in [3.8, 4) is 11.4 Å². The van der Waals surface area contributed by atoms with Gasteiger partial charge in [0.15, 0.2) is 11.6 Å². The number of aromatic nitrogens is 3. The average Bonchev–Trinajstić information content (AvgIpc) is 3.62. The van der Waals surface area contributed by atoms with Gasteiger partial charge in [-0.15, -0.1) is 10.2 Å². The molecule has 2 aliphatic rings. The maximum Gasteiger partial charge on any atom is 0.417 e. The Morgan fingerprint density at radius 3 is 2.45 bits per heavy atom. The van der Waals surface area contributed by atoms with Crippen LogP contribution in [0.4, 0.5) is 24.7 Å². The molecule has 0 radical (unpaired) electrons. The molecule has 8 heteroatoms. The molecule has 1 aromatic heterocycles. The molecule has 2 N–H and O–H groups in total. The van der Waals surface area contributed by atoms with Crippen LogP contribution >= 0.6 is 0 Å². The normalized spacial score (nSPS) is 16.0. The molecule has 5 nitrogen and oxygen atoms in total. The van der Waals surface area contributed by atoms with Crippen molar-refractivity contribution in [1.82, 2.24) is 15.2 Å². The molecule has 0 atom stereocenters. The van der Waals surface area contributed by atoms with Crippen LogP contribution in [0.3, 0.4) is 0 Å². The zero-order valence-electron chi connectivity index (χ0n) is 16.6. The summed E-state index contributed by atoms with van der Waals surface area (Å²) in [7, 11) is 0. The Balaban J connectivity index is 1.58. The van der Waals surface area contributed by atoms with Gasteiger partial charge in [0, 0.05) is 35.0 Å². The van der Waals surface area contributed by atoms with E-state index in [1.54, 1.807) is 6.07 Å². The molecule has 1 aliphatic carbocycles. The first-order chi connectivity index (χ1) is 15.0. The molecular weight excluding hydrogens is 403 g/mol. The smallest absolute Gasteiger partial charge is 0.384 e. The summed E-state index contributed by atoms with van der Waals surface area (Å²) in [6, 6.07) is 13.2. The van der Waals surface area contributed by atoms with Gasteiger partial charge in [0.25, 0.3) is 0 Å². The van der Waals surface area contributed by atoms with Gasteiger partial charge in [-0.2, -0.15) is 13.2 Å². The molecule has 2 heterocycles. The van der Waals surface area contributed by atoms with E-state index in [1.165, 1.54) is 12.1 Å². The number of anilines is 2. The third-order valence-electron chi connectivity index (χ3n) is 5.43. The standard InChI is InChI=1S/C23H20F3N5/c24-23(25,26)17-8-3-1-6-15(17)21-29-22(20(30-31-21)14-11-12-14)28-19-10-5-13-27-18-9-4-2-7-16(18)19/h1-4,6-10,14,27H,5,11-13H2,(H,28,29,31). The van der Waals surface area contributed by atoms with Gasteiger partial charge in [0.2, 0.25) is 0 Å². The highest BCUT2D eigenvalue weighted by Gasteiger charge is 2.35. The highest BCUT2D eigenvalue weighted by atomic mass is 19.4. The van der Waals surface area contributed by atoms with Crippen molar-refractivity contribution in [2.45, 2.75) is 31.4 Å². The largest absolute Gasteiger partial charge is 0.417 e. The van der Waals surface area contributed by atoms with E-state index < -0.39 is 11.7 Å². The summed E-state index contributed by atoms with van der Waals surface area (Å²) in [6.07, 6.45) is 0.317. The Morgan fingerprint density at radius 1 is 0.935 bits per heavy atom. The average molecular weight is 423 g/mol. The fraction of sp³-hybridized carbons (Fsp3) is 0.261. The molecule has 31 heavy (non-hydrogen) atoms. The predicted molar refractivity (Wildman–Crippen MR) is 113 cm³/mol. The van der Waals surface area contributed by atoms with Crippen LogP contribution < -0.4 is 10.6 Å². The van der Waals surface area contributed by atoms with Gasteiger partial charge < -0.3 is 10.6 Å². The number of halogens is 3. The van der Waals surface area contributed by atoms with Crippen LogP contribution in [-0.4, -0.2) is 21.7 Å². The zero-order chi connectivity index (χ0) is 21.4. The monoisotopic (exact) mass is 423 g/mol. The SMILES string of the molecule is FC(F)(F)c1ccccc1-c1nnc(C2CC2)c(NC2=CCCNc3ccccc32)n1. The van der Waals surface area contributed by atoms with E-state index in [1.807, 2.05) is 24.3 Å². The van der Waals surface area contributed by atoms with Crippen molar-refractivity contribution in [3.05, 3.63) is 71.4 Å². The number of fused-ring (bicyclic) bond motifs is 1. The van der Waals surface area contributed by atoms with E-state index in [0.29, 0.717) is 11.5 Å². The number of alkyl halides is 3. The van der Waals surface area contributed by atoms with E-state index in [0.717, 1.165) is 48.8 Å². The number of hydrogen-bond donors (Lipinski definition) is 2. The Kier molecular flexibility index (Phi) is 4.84. The molecular formula is C23H20F3N5. The fourth-order valence-electron chi connectivity index (χ4n) is 3.75. The van der Waals surface area contributed by atoms with Crippen molar-refractivity contribution in [3.63, 3.8) is 0 Å². The first-order valence-corrected chi connectivity index (χ1v) is 10.2. The number of nitrogens with one attached hydrogen (secondary N) is 2. The third-order valence-corrected chi connectivity index (χ3v) is 5.43. The van der Waals surface area contributed by atoms with Gasteiger partial charge in [0.1, 0.15) is 5.69 Å². The van der Waals surface area contributed by atoms with Crippen LogP contribution in [-0.2, 0) is 6.18 Å². The van der Waals surface area contributed by atoms with E-state index in [4.69, 9.17) is 0 Å². The Morgan fingerprint density at radius 2 is 1.68 bits per heavy atom. The highest BCUT2D eigenvalue weighted by molar-refractivity contribution is 5.84. The topological polar surface area (TPSA) is 62.7 Å². The molecule has 0 saturated heterocycles. The van der Waals surface area contributed by atoms with Crippen LogP contribution in [0.15, 0.2) is 54.6 Å². The molecule has 0 unspecified atom stereocenters. The molecule has 5 rings (SSSR count). The lowest BCUT2D eigenvalue weighted by Crippen LogP contribution is -2.11. The van der Waals surface area contributed by atoms with Crippen LogP contribution in [0.5, 0.6) is 0 Å². The van der Waals surface area contributed by atoms with E-state index in [2.05, 4.69) is 31.9 Å². The van der Waals surface area contributed by atoms with Crippen LogP contribution in [0.1, 0.15) is 42.0 Å². The third kappa shape index (κ3) is 3.97. The fourth-order valence-corrected chi connectivity index (χ4v) is 3.75. The second kappa shape index (κ2) is 7.68. The van der Waals surface area contributed by atoms with E-state index in [-0.39, 0.29) is 17.3 Å². The summed E-state index contributed by atoms with van der Waals surface area (Å²) < 4.78 is 40.6. The number of hydrogen-bond acceptors (Lipinski definition) is 5. The van der Waals surface area contributed by atoms with Crippen molar-refractivity contribution < 1.29 is 13.2 Å². The number of rotatable bonds is 4. The molecule has 1 saturated carbocycles. The van der Waals surface area contributed by atoms with Crippen molar-refractivity contribution >= 4 is 17.2 Å². The minimum atomic E-state index is -4.50. The number of benzene rings is 2. The first-order valence-electron chi connectivity index (χ1n) is 10.2. The minimum Gasteiger partial charge on any atom is -0.384 e. The molecule has 2 aromatic carbocycles. The van der Waals surface area contributed by atoms with Gasteiger partial charge >= 0.3 is 6.18 Å². The molecule has 1 fully saturated rings. The van der Waals surface area contributed by atoms with Crippen LogP contribution in [0.2, 0.25) is 0 Å². The maximum absolute atomic E-state index is 13.5. The summed E-state index contributed by atoms with van der Waals surface area (Å²) in [6.45, 7) is 0.796. The Hall–Kier alpha value is -3.42. The predicted octanol–water partition coefficient (Wildman–Crippen LogP) is 5.70. The van der Waals surface area contributed by atoms with E-state index in [9.17, 15) is 13.2 Å². The Labute approximate surface area is 177 Å². The van der Waals surface area contributed by atoms with Crippen LogP contribution in [0, 0.1) is 0 Å². The van der Waals surface area contributed by atoms with Crippen molar-refractivity contribution in [1.29, 1.82) is 0 Å². The molecule has 0 bridgehead atoms. The summed E-state index contributed by atoms with van der Waals surface area (Å²) in [4.78, 5) is 4.53. The molecule has 158 valence electrons. The van der Waals surface area contributed by atoms with Crippen molar-refractivity contribution in [2.75, 3.05) is 17.2 Å². The van der Waals surface area contributed by atoms with Gasteiger partial charge in [-0.3, -0.25) is 0 Å². The second-order valence-corrected chi connectivity index (χ2v) is 7.69. The second-order valence-electron chi connectivity index (χ2n) is 7.69. The zero-order valence-corrected chi connectivity index (χ0v) is 16.6.